The number of hydrogen-bond donors (Lipinski definition) is 2. The fourth-order valence-corrected chi connectivity index (χ4v) is 6.53. The lowest BCUT2D eigenvalue weighted by Gasteiger charge is -2.61. The van der Waals surface area contributed by atoms with Gasteiger partial charge in [-0.25, -0.2) is 0 Å². The van der Waals surface area contributed by atoms with E-state index < -0.39 is 0 Å². The molecule has 152 valence electrons. The first-order valence-corrected chi connectivity index (χ1v) is 11.0. The number of benzene rings is 1. The van der Waals surface area contributed by atoms with Gasteiger partial charge >= 0.3 is 0 Å². The molecule has 2 N–H and O–H groups in total. The molecule has 4 nitrogen and oxygen atoms in total. The minimum absolute atomic E-state index is 0.0202. The first-order valence-electron chi connectivity index (χ1n) is 11.0. The van der Waals surface area contributed by atoms with Gasteiger partial charge in [0.05, 0.1) is 5.41 Å². The normalized spacial score (nSPS) is 33.1. The van der Waals surface area contributed by atoms with Crippen molar-refractivity contribution in [3.63, 3.8) is 0 Å². The maximum absolute atomic E-state index is 13.3. The molecule has 0 aromatic heterocycles. The van der Waals surface area contributed by atoms with E-state index in [1.54, 1.807) is 0 Å². The summed E-state index contributed by atoms with van der Waals surface area (Å²) in [5, 5.41) is 6.05. The van der Waals surface area contributed by atoms with Crippen molar-refractivity contribution in [1.82, 2.24) is 10.6 Å². The van der Waals surface area contributed by atoms with Crippen molar-refractivity contribution in [3.8, 4) is 0 Å². The van der Waals surface area contributed by atoms with Gasteiger partial charge < -0.3 is 10.6 Å². The van der Waals surface area contributed by atoms with E-state index in [-0.39, 0.29) is 28.6 Å². The molecule has 4 saturated carbocycles. The van der Waals surface area contributed by atoms with E-state index >= 15 is 0 Å². The van der Waals surface area contributed by atoms with Crippen LogP contribution in [0.3, 0.4) is 0 Å². The zero-order valence-electron chi connectivity index (χ0n) is 17.5. The predicted octanol–water partition coefficient (Wildman–Crippen LogP) is 3.72. The minimum atomic E-state index is -0.211. The number of nitrogens with one attached hydrogen (secondary N) is 2. The SMILES string of the molecule is Cc1ccc(C23CC4CC(CC(C(=O)NCCNC(=O)C(C)C)(C4)C2)C3)cc1. The van der Waals surface area contributed by atoms with Gasteiger partial charge in [-0.05, 0) is 68.3 Å². The Hall–Kier alpha value is -1.84. The van der Waals surface area contributed by atoms with Gasteiger partial charge in [-0.1, -0.05) is 43.7 Å². The molecule has 4 aliphatic rings. The van der Waals surface area contributed by atoms with Crippen LogP contribution in [0.1, 0.15) is 63.5 Å². The van der Waals surface area contributed by atoms with E-state index in [4.69, 9.17) is 0 Å². The molecule has 0 radical (unpaired) electrons. The van der Waals surface area contributed by atoms with Gasteiger partial charge in [0.2, 0.25) is 11.8 Å². The number of amides is 2. The standard InChI is InChI=1S/C24H34N2O2/c1-16(2)21(27)25-8-9-26-22(28)24-13-18-10-19(14-24)12-23(11-18,15-24)20-6-4-17(3)5-7-20/h4-7,16,18-19H,8-15H2,1-3H3,(H,25,27)(H,26,28). The average Bonchev–Trinajstić information content (AvgIpc) is 2.64. The highest BCUT2D eigenvalue weighted by Crippen LogP contribution is 2.65. The summed E-state index contributed by atoms with van der Waals surface area (Å²) in [4.78, 5) is 25.0. The summed E-state index contributed by atoms with van der Waals surface area (Å²) in [5.41, 5.74) is 2.70. The Kier molecular flexibility index (Phi) is 5.01. The van der Waals surface area contributed by atoms with E-state index in [9.17, 15) is 9.59 Å². The summed E-state index contributed by atoms with van der Waals surface area (Å²) in [6, 6.07) is 9.04. The van der Waals surface area contributed by atoms with Gasteiger partial charge in [0.1, 0.15) is 0 Å². The van der Waals surface area contributed by atoms with Crippen molar-refractivity contribution in [2.24, 2.45) is 23.2 Å². The summed E-state index contributed by atoms with van der Waals surface area (Å²) in [6.45, 7) is 6.93. The van der Waals surface area contributed by atoms with Crippen molar-refractivity contribution < 1.29 is 9.59 Å². The van der Waals surface area contributed by atoms with E-state index in [1.807, 2.05) is 13.8 Å². The Morgan fingerprint density at radius 2 is 1.61 bits per heavy atom. The number of hydrogen-bond acceptors (Lipinski definition) is 2. The topological polar surface area (TPSA) is 58.2 Å². The van der Waals surface area contributed by atoms with Gasteiger partial charge in [0, 0.05) is 19.0 Å². The zero-order chi connectivity index (χ0) is 19.9. The fraction of sp³-hybridized carbons (Fsp3) is 0.667. The van der Waals surface area contributed by atoms with Crippen LogP contribution in [0.15, 0.2) is 24.3 Å². The molecule has 4 heteroatoms. The first-order chi connectivity index (χ1) is 13.3. The zero-order valence-corrected chi connectivity index (χ0v) is 17.5. The number of carbonyl (C=O) groups is 2. The van der Waals surface area contributed by atoms with Crippen molar-refractivity contribution in [2.75, 3.05) is 13.1 Å². The van der Waals surface area contributed by atoms with Crippen molar-refractivity contribution >= 4 is 11.8 Å². The highest BCUT2D eigenvalue weighted by Gasteiger charge is 2.60. The first kappa shape index (κ1) is 19.5. The van der Waals surface area contributed by atoms with Crippen LogP contribution in [-0.4, -0.2) is 24.9 Å². The van der Waals surface area contributed by atoms with Crippen LogP contribution in [0.2, 0.25) is 0 Å². The smallest absolute Gasteiger partial charge is 0.226 e. The Labute approximate surface area is 168 Å². The van der Waals surface area contributed by atoms with Crippen molar-refractivity contribution in [2.45, 2.75) is 64.7 Å². The van der Waals surface area contributed by atoms with E-state index in [0.717, 1.165) is 19.3 Å². The van der Waals surface area contributed by atoms with Crippen LogP contribution in [0.5, 0.6) is 0 Å². The molecular weight excluding hydrogens is 348 g/mol. The minimum Gasteiger partial charge on any atom is -0.354 e. The predicted molar refractivity (Wildman–Crippen MR) is 111 cm³/mol. The summed E-state index contributed by atoms with van der Waals surface area (Å²) >= 11 is 0. The molecular formula is C24H34N2O2. The summed E-state index contributed by atoms with van der Waals surface area (Å²) < 4.78 is 0. The molecule has 1 aromatic rings. The van der Waals surface area contributed by atoms with Gasteiger partial charge in [0.15, 0.2) is 0 Å². The maximum Gasteiger partial charge on any atom is 0.226 e. The van der Waals surface area contributed by atoms with Crippen LogP contribution < -0.4 is 10.6 Å². The second-order valence-electron chi connectivity index (χ2n) is 10.1. The summed E-state index contributed by atoms with van der Waals surface area (Å²) in [5.74, 6) is 1.59. The number of rotatable bonds is 6. The van der Waals surface area contributed by atoms with Crippen molar-refractivity contribution in [3.05, 3.63) is 35.4 Å². The monoisotopic (exact) mass is 382 g/mol. The number of aryl methyl sites for hydroxylation is 1. The van der Waals surface area contributed by atoms with E-state index in [0.29, 0.717) is 24.9 Å². The van der Waals surface area contributed by atoms with Crippen LogP contribution in [0.4, 0.5) is 0 Å². The average molecular weight is 383 g/mol. The largest absolute Gasteiger partial charge is 0.354 e. The second kappa shape index (κ2) is 7.20. The molecule has 28 heavy (non-hydrogen) atoms. The highest BCUT2D eigenvalue weighted by molar-refractivity contribution is 5.83. The molecule has 0 saturated heterocycles. The quantitative estimate of drug-likeness (QED) is 0.737. The molecule has 4 aliphatic carbocycles. The molecule has 0 spiro atoms. The van der Waals surface area contributed by atoms with Crippen LogP contribution >= 0.6 is 0 Å². The van der Waals surface area contributed by atoms with Crippen LogP contribution in [-0.2, 0) is 15.0 Å². The molecule has 2 amide bonds. The highest BCUT2D eigenvalue weighted by atomic mass is 16.2. The van der Waals surface area contributed by atoms with Gasteiger partial charge in [-0.3, -0.25) is 9.59 Å². The lowest BCUT2D eigenvalue weighted by Crippen LogP contribution is -2.59. The van der Waals surface area contributed by atoms with Crippen LogP contribution in [0.25, 0.3) is 0 Å². The Morgan fingerprint density at radius 3 is 2.21 bits per heavy atom. The molecule has 1 aromatic carbocycles. The molecule has 0 aliphatic heterocycles. The second-order valence-corrected chi connectivity index (χ2v) is 10.1. The Bertz CT molecular complexity index is 738. The van der Waals surface area contributed by atoms with Crippen LogP contribution in [0, 0.1) is 30.1 Å². The maximum atomic E-state index is 13.3. The van der Waals surface area contributed by atoms with E-state index in [2.05, 4.69) is 41.8 Å². The Balaban J connectivity index is 1.46. The van der Waals surface area contributed by atoms with Gasteiger partial charge in [0.25, 0.3) is 0 Å². The third kappa shape index (κ3) is 3.46. The summed E-state index contributed by atoms with van der Waals surface area (Å²) in [6.07, 6.45) is 6.86. The Morgan fingerprint density at radius 1 is 1.00 bits per heavy atom. The molecule has 5 rings (SSSR count). The lowest BCUT2D eigenvalue weighted by molar-refractivity contribution is -0.149. The molecule has 0 heterocycles. The summed E-state index contributed by atoms with van der Waals surface area (Å²) in [7, 11) is 0. The third-order valence-electron chi connectivity index (χ3n) is 7.44. The van der Waals surface area contributed by atoms with E-state index in [1.165, 1.54) is 30.4 Å². The van der Waals surface area contributed by atoms with Gasteiger partial charge in [-0.2, -0.15) is 0 Å². The fourth-order valence-electron chi connectivity index (χ4n) is 6.53. The van der Waals surface area contributed by atoms with Crippen molar-refractivity contribution in [1.29, 1.82) is 0 Å². The molecule has 2 atom stereocenters. The lowest BCUT2D eigenvalue weighted by atomic mass is 9.42. The molecule has 4 fully saturated rings. The number of carbonyl (C=O) groups excluding carboxylic acids is 2. The molecule has 4 bridgehead atoms. The molecule has 2 unspecified atom stereocenters. The third-order valence-corrected chi connectivity index (χ3v) is 7.44. The van der Waals surface area contributed by atoms with Gasteiger partial charge in [-0.15, -0.1) is 0 Å².